The third-order valence-corrected chi connectivity index (χ3v) is 4.24. The van der Waals surface area contributed by atoms with E-state index in [1.807, 2.05) is 48.0 Å². The predicted octanol–water partition coefficient (Wildman–Crippen LogP) is 3.45. The van der Waals surface area contributed by atoms with Crippen molar-refractivity contribution >= 4 is 5.71 Å². The monoisotopic (exact) mass is 347 g/mol. The minimum absolute atomic E-state index is 0.386. The molecule has 0 atom stereocenters. The summed E-state index contributed by atoms with van der Waals surface area (Å²) in [6.07, 6.45) is 5.72. The predicted molar refractivity (Wildman–Crippen MR) is 98.7 cm³/mol. The van der Waals surface area contributed by atoms with E-state index in [0.29, 0.717) is 36.7 Å². The molecule has 0 aliphatic carbocycles. The van der Waals surface area contributed by atoms with Gasteiger partial charge in [-0.05, 0) is 24.1 Å². The number of aryl methyl sites for hydroxylation is 1. The van der Waals surface area contributed by atoms with Crippen LogP contribution in [0.3, 0.4) is 0 Å². The van der Waals surface area contributed by atoms with E-state index < -0.39 is 0 Å². The first kappa shape index (κ1) is 16.3. The third kappa shape index (κ3) is 3.18. The Hall–Kier alpha value is -3.15. The van der Waals surface area contributed by atoms with E-state index in [1.54, 1.807) is 0 Å². The summed E-state index contributed by atoms with van der Waals surface area (Å²) in [4.78, 5) is 13.0. The summed E-state index contributed by atoms with van der Waals surface area (Å²) in [5, 5.41) is 4.68. The molecule has 0 spiro atoms. The Balaban J connectivity index is 1.77. The van der Waals surface area contributed by atoms with Gasteiger partial charge >= 0.3 is 0 Å². The number of halogens is 1. The number of benzene rings is 1. The Morgan fingerprint density at radius 3 is 2.77 bits per heavy atom. The van der Waals surface area contributed by atoms with Crippen LogP contribution in [0.1, 0.15) is 23.9 Å². The molecule has 0 unspecified atom stereocenters. The molecular formula is C20H18FN5. The first-order chi connectivity index (χ1) is 12.7. The van der Waals surface area contributed by atoms with Gasteiger partial charge in [0.2, 0.25) is 0 Å². The molecule has 3 heterocycles. The number of hydrogen-bond acceptors (Lipinski definition) is 4. The van der Waals surface area contributed by atoms with Gasteiger partial charge in [-0.2, -0.15) is 5.10 Å². The molecule has 0 N–H and O–H groups in total. The smallest absolute Gasteiger partial charge is 0.180 e. The highest BCUT2D eigenvalue weighted by Crippen LogP contribution is 2.20. The third-order valence-electron chi connectivity index (χ3n) is 4.24. The van der Waals surface area contributed by atoms with Crippen LogP contribution < -0.4 is 0 Å². The quantitative estimate of drug-likeness (QED) is 0.710. The summed E-state index contributed by atoms with van der Waals surface area (Å²) < 4.78 is 15.6. The molecule has 2 aromatic heterocycles. The highest BCUT2D eigenvalue weighted by molar-refractivity contribution is 6.09. The maximum atomic E-state index is 13.7. The summed E-state index contributed by atoms with van der Waals surface area (Å²) in [5.74, 6) is 0.0437. The van der Waals surface area contributed by atoms with E-state index >= 15 is 0 Å². The minimum Gasteiger partial charge on any atom is -0.279 e. The standard InChI is InChI=1S/C20H18FN5/c1-2-16-15(21)12-23-20(24-16)18-11-19(17-9-6-10-22-17)26(25-18)13-14-7-4-3-5-8-14/h3-9,11-12H,2,10,13H2,1H3. The Bertz CT molecular complexity index is 989. The van der Waals surface area contributed by atoms with Crippen molar-refractivity contribution in [2.24, 2.45) is 4.99 Å². The molecule has 5 nitrogen and oxygen atoms in total. The second-order valence-electron chi connectivity index (χ2n) is 6.03. The average molecular weight is 347 g/mol. The van der Waals surface area contributed by atoms with Crippen molar-refractivity contribution in [3.63, 3.8) is 0 Å². The van der Waals surface area contributed by atoms with Gasteiger partial charge in [-0.1, -0.05) is 43.3 Å². The Morgan fingerprint density at radius 1 is 1.19 bits per heavy atom. The molecule has 26 heavy (non-hydrogen) atoms. The number of nitrogens with zero attached hydrogens (tertiary/aromatic N) is 5. The van der Waals surface area contributed by atoms with Crippen molar-refractivity contribution < 1.29 is 4.39 Å². The summed E-state index contributed by atoms with van der Waals surface area (Å²) in [6.45, 7) is 3.16. The van der Waals surface area contributed by atoms with Crippen molar-refractivity contribution in [3.8, 4) is 11.5 Å². The van der Waals surface area contributed by atoms with Crippen LogP contribution >= 0.6 is 0 Å². The SMILES string of the molecule is CCc1nc(-c2cc(C3=NCC=C3)n(Cc3ccccc3)n2)ncc1F. The maximum Gasteiger partial charge on any atom is 0.180 e. The van der Waals surface area contributed by atoms with Gasteiger partial charge in [-0.15, -0.1) is 0 Å². The van der Waals surface area contributed by atoms with Crippen molar-refractivity contribution in [2.75, 3.05) is 6.54 Å². The first-order valence-corrected chi connectivity index (χ1v) is 8.59. The molecule has 1 aliphatic rings. The van der Waals surface area contributed by atoms with Gasteiger partial charge in [-0.3, -0.25) is 9.67 Å². The molecule has 130 valence electrons. The molecule has 0 saturated carbocycles. The lowest BCUT2D eigenvalue weighted by molar-refractivity contribution is 0.594. The molecule has 4 rings (SSSR count). The number of rotatable bonds is 5. The molecule has 1 aliphatic heterocycles. The maximum absolute atomic E-state index is 13.7. The molecule has 1 aromatic carbocycles. The molecular weight excluding hydrogens is 329 g/mol. The normalized spacial score (nSPS) is 13.2. The van der Waals surface area contributed by atoms with Crippen molar-refractivity contribution in [2.45, 2.75) is 19.9 Å². The molecule has 0 saturated heterocycles. The van der Waals surface area contributed by atoms with Crippen LogP contribution in [0.5, 0.6) is 0 Å². The van der Waals surface area contributed by atoms with Gasteiger partial charge in [0.25, 0.3) is 0 Å². The highest BCUT2D eigenvalue weighted by Gasteiger charge is 2.17. The van der Waals surface area contributed by atoms with Gasteiger partial charge in [0.1, 0.15) is 5.69 Å². The zero-order valence-corrected chi connectivity index (χ0v) is 14.4. The lowest BCUT2D eigenvalue weighted by Crippen LogP contribution is -2.10. The van der Waals surface area contributed by atoms with Crippen LogP contribution in [0.25, 0.3) is 11.5 Å². The number of aliphatic imine (C=N–C) groups is 1. The number of aromatic nitrogens is 4. The summed E-state index contributed by atoms with van der Waals surface area (Å²) >= 11 is 0. The van der Waals surface area contributed by atoms with Crippen LogP contribution in [0.2, 0.25) is 0 Å². The molecule has 0 radical (unpaired) electrons. The second-order valence-corrected chi connectivity index (χ2v) is 6.03. The molecule has 0 amide bonds. The minimum atomic E-state index is -0.386. The van der Waals surface area contributed by atoms with Gasteiger partial charge in [0.05, 0.1) is 36.4 Å². The van der Waals surface area contributed by atoms with E-state index in [4.69, 9.17) is 0 Å². The van der Waals surface area contributed by atoms with E-state index in [-0.39, 0.29) is 5.82 Å². The first-order valence-electron chi connectivity index (χ1n) is 8.59. The van der Waals surface area contributed by atoms with Crippen molar-refractivity contribution in [1.29, 1.82) is 0 Å². The van der Waals surface area contributed by atoms with Crippen LogP contribution in [0.15, 0.2) is 59.7 Å². The zero-order valence-electron chi connectivity index (χ0n) is 14.4. The van der Waals surface area contributed by atoms with E-state index in [2.05, 4.69) is 32.2 Å². The van der Waals surface area contributed by atoms with E-state index in [0.717, 1.165) is 17.0 Å². The van der Waals surface area contributed by atoms with Crippen molar-refractivity contribution in [3.05, 3.63) is 77.5 Å². The van der Waals surface area contributed by atoms with Crippen LogP contribution in [0.4, 0.5) is 4.39 Å². The average Bonchev–Trinajstić information content (AvgIpc) is 3.33. The molecule has 3 aromatic rings. The largest absolute Gasteiger partial charge is 0.279 e. The fourth-order valence-corrected chi connectivity index (χ4v) is 2.92. The molecule has 6 heteroatoms. The summed E-state index contributed by atoms with van der Waals surface area (Å²) in [6, 6.07) is 12.0. The fraction of sp³-hybridized carbons (Fsp3) is 0.200. The van der Waals surface area contributed by atoms with Crippen LogP contribution in [-0.4, -0.2) is 32.0 Å². The second kappa shape index (κ2) is 7.00. The van der Waals surface area contributed by atoms with Crippen LogP contribution in [-0.2, 0) is 13.0 Å². The van der Waals surface area contributed by atoms with Gasteiger partial charge in [-0.25, -0.2) is 14.4 Å². The number of allylic oxidation sites excluding steroid dienone is 1. The van der Waals surface area contributed by atoms with Gasteiger partial charge in [0, 0.05) is 0 Å². The molecule has 0 fully saturated rings. The topological polar surface area (TPSA) is 56.0 Å². The lowest BCUT2D eigenvalue weighted by Gasteiger charge is -2.06. The zero-order chi connectivity index (χ0) is 17.9. The van der Waals surface area contributed by atoms with E-state index in [1.165, 1.54) is 6.20 Å². The van der Waals surface area contributed by atoms with Gasteiger partial charge < -0.3 is 0 Å². The summed E-state index contributed by atoms with van der Waals surface area (Å²) in [5.41, 5.74) is 3.95. The van der Waals surface area contributed by atoms with Gasteiger partial charge in [0.15, 0.2) is 11.6 Å². The van der Waals surface area contributed by atoms with Crippen LogP contribution in [0, 0.1) is 5.82 Å². The Morgan fingerprint density at radius 2 is 2.04 bits per heavy atom. The Kier molecular flexibility index (Phi) is 4.39. The molecule has 0 bridgehead atoms. The number of hydrogen-bond donors (Lipinski definition) is 0. The van der Waals surface area contributed by atoms with Crippen molar-refractivity contribution in [1.82, 2.24) is 19.7 Å². The fourth-order valence-electron chi connectivity index (χ4n) is 2.92. The van der Waals surface area contributed by atoms with E-state index in [9.17, 15) is 4.39 Å². The Labute approximate surface area is 151 Å². The highest BCUT2D eigenvalue weighted by atomic mass is 19.1. The summed E-state index contributed by atoms with van der Waals surface area (Å²) in [7, 11) is 0. The lowest BCUT2D eigenvalue weighted by atomic mass is 10.2.